The average Bonchev–Trinajstić information content (AvgIpc) is 3.10. The fraction of sp³-hybridized carbons (Fsp3) is 0.167. The van der Waals surface area contributed by atoms with Crippen LogP contribution in [0.2, 0.25) is 0 Å². The Hall–Kier alpha value is -3.25. The van der Waals surface area contributed by atoms with Crippen LogP contribution < -0.4 is 4.74 Å². The number of nitrogens with zero attached hydrogens (tertiary/aromatic N) is 2. The Kier molecular flexibility index (Phi) is 6.05. The van der Waals surface area contributed by atoms with E-state index >= 15 is 0 Å². The molecule has 3 aromatic carbocycles. The summed E-state index contributed by atoms with van der Waals surface area (Å²) in [5.74, 6) is 3.34. The van der Waals surface area contributed by atoms with Crippen LogP contribution in [-0.4, -0.2) is 26.6 Å². The zero-order chi connectivity index (χ0) is 20.9. The summed E-state index contributed by atoms with van der Waals surface area (Å²) < 4.78 is 7.19. The van der Waals surface area contributed by atoms with Gasteiger partial charge in [0.15, 0.2) is 0 Å². The van der Waals surface area contributed by atoms with Crippen molar-refractivity contribution in [1.29, 1.82) is 0 Å². The summed E-state index contributed by atoms with van der Waals surface area (Å²) in [6.07, 6.45) is -1.32. The third-order valence-corrected chi connectivity index (χ3v) is 5.73. The second-order valence-electron chi connectivity index (χ2n) is 6.80. The van der Waals surface area contributed by atoms with E-state index in [2.05, 4.69) is 35.8 Å². The van der Waals surface area contributed by atoms with Crippen molar-refractivity contribution < 1.29 is 14.6 Å². The third kappa shape index (κ3) is 4.33. The second-order valence-corrected chi connectivity index (χ2v) is 8.08. The molecule has 0 unspecified atom stereocenters. The first-order valence-corrected chi connectivity index (χ1v) is 10.9. The molecule has 1 N–H and O–H groups in total. The van der Waals surface area contributed by atoms with Crippen LogP contribution in [0.3, 0.4) is 0 Å². The molecule has 0 aliphatic rings. The van der Waals surface area contributed by atoms with Crippen molar-refractivity contribution in [3.05, 3.63) is 84.2 Å². The van der Waals surface area contributed by atoms with Crippen molar-refractivity contribution in [2.75, 3.05) is 5.75 Å². The first-order valence-electron chi connectivity index (χ1n) is 9.76. The van der Waals surface area contributed by atoms with Crippen LogP contribution in [-0.2, 0) is 12.3 Å². The van der Waals surface area contributed by atoms with Crippen LogP contribution in [0.15, 0.2) is 72.8 Å². The van der Waals surface area contributed by atoms with Crippen LogP contribution in [0.1, 0.15) is 18.3 Å². The molecule has 4 aromatic rings. The molecule has 1 aromatic heterocycles. The largest absolute Gasteiger partial charge is 0.511 e. The fourth-order valence-electron chi connectivity index (χ4n) is 3.47. The molecule has 0 spiro atoms. The number of thioether (sulfide) groups is 1. The normalized spacial score (nSPS) is 11.0. The quantitative estimate of drug-likeness (QED) is 0.292. The van der Waals surface area contributed by atoms with Gasteiger partial charge in [-0.25, -0.2) is 9.78 Å². The van der Waals surface area contributed by atoms with Crippen molar-refractivity contribution in [3.8, 4) is 16.9 Å². The molecule has 30 heavy (non-hydrogen) atoms. The Morgan fingerprint density at radius 1 is 1.03 bits per heavy atom. The molecule has 0 aliphatic carbocycles. The van der Waals surface area contributed by atoms with Gasteiger partial charge in [0.05, 0.1) is 16.8 Å². The Morgan fingerprint density at radius 3 is 2.53 bits per heavy atom. The maximum absolute atomic E-state index is 11.0. The van der Waals surface area contributed by atoms with E-state index in [4.69, 9.17) is 14.8 Å². The lowest BCUT2D eigenvalue weighted by Gasteiger charge is -2.11. The standard InChI is InChI=1S/C24H22N2O3S/c1-2-30-16-23-25-20-8-4-5-9-21(20)26(23)15-17-11-13-18(14-12-17)19-7-3-6-10-22(19)29-24(27)28/h3-14H,2,15-16H2,1H3,(H,27,28). The molecule has 5 nitrogen and oxygen atoms in total. The van der Waals surface area contributed by atoms with Crippen LogP contribution in [0.5, 0.6) is 5.75 Å². The smallest absolute Gasteiger partial charge is 0.449 e. The first-order chi connectivity index (χ1) is 14.7. The average molecular weight is 419 g/mol. The van der Waals surface area contributed by atoms with Gasteiger partial charge in [-0.1, -0.05) is 61.5 Å². The van der Waals surface area contributed by atoms with Crippen molar-refractivity contribution in [2.45, 2.75) is 19.2 Å². The minimum Gasteiger partial charge on any atom is -0.449 e. The van der Waals surface area contributed by atoms with Crippen molar-refractivity contribution in [2.24, 2.45) is 0 Å². The number of rotatable bonds is 7. The molecule has 0 radical (unpaired) electrons. The lowest BCUT2D eigenvalue weighted by molar-refractivity contribution is 0.144. The molecule has 0 saturated heterocycles. The number of benzene rings is 3. The van der Waals surface area contributed by atoms with Crippen LogP contribution in [0.25, 0.3) is 22.2 Å². The lowest BCUT2D eigenvalue weighted by Crippen LogP contribution is -2.05. The minimum absolute atomic E-state index is 0.331. The van der Waals surface area contributed by atoms with Crippen LogP contribution in [0, 0.1) is 0 Å². The van der Waals surface area contributed by atoms with Gasteiger partial charge < -0.3 is 14.4 Å². The SMILES string of the molecule is CCSCc1nc2ccccc2n1Cc1ccc(-c2ccccc2OC(=O)O)cc1. The van der Waals surface area contributed by atoms with Crippen LogP contribution in [0.4, 0.5) is 4.79 Å². The van der Waals surface area contributed by atoms with E-state index in [0.717, 1.165) is 51.6 Å². The number of hydrogen-bond acceptors (Lipinski definition) is 4. The molecule has 4 rings (SSSR count). The van der Waals surface area contributed by atoms with Gasteiger partial charge in [-0.2, -0.15) is 11.8 Å². The Balaban J connectivity index is 1.63. The van der Waals surface area contributed by atoms with E-state index in [1.165, 1.54) is 0 Å². The predicted octanol–water partition coefficient (Wildman–Crippen LogP) is 6.06. The zero-order valence-electron chi connectivity index (χ0n) is 16.6. The van der Waals surface area contributed by atoms with Crippen molar-refractivity contribution in [3.63, 3.8) is 0 Å². The number of imidazole rings is 1. The number of ether oxygens (including phenoxy) is 1. The number of aromatic nitrogens is 2. The second kappa shape index (κ2) is 9.05. The van der Waals surface area contributed by atoms with E-state index in [0.29, 0.717) is 5.75 Å². The van der Waals surface area contributed by atoms with E-state index in [-0.39, 0.29) is 0 Å². The van der Waals surface area contributed by atoms with E-state index in [9.17, 15) is 4.79 Å². The van der Waals surface area contributed by atoms with Gasteiger partial charge in [0.2, 0.25) is 0 Å². The topological polar surface area (TPSA) is 64.4 Å². The molecule has 0 fully saturated rings. The summed E-state index contributed by atoms with van der Waals surface area (Å²) in [5, 5.41) is 8.97. The molecular formula is C24H22N2O3S. The molecule has 0 bridgehead atoms. The maximum atomic E-state index is 11.0. The first kappa shape index (κ1) is 20.0. The highest BCUT2D eigenvalue weighted by Gasteiger charge is 2.12. The molecule has 0 aliphatic heterocycles. The summed E-state index contributed by atoms with van der Waals surface area (Å²) >= 11 is 1.86. The molecule has 152 valence electrons. The number of carboxylic acid groups (broad SMARTS) is 1. The molecule has 1 heterocycles. The Bertz CT molecular complexity index is 1170. The maximum Gasteiger partial charge on any atom is 0.511 e. The molecule has 6 heteroatoms. The van der Waals surface area contributed by atoms with Gasteiger partial charge in [-0.3, -0.25) is 0 Å². The molecular weight excluding hydrogens is 396 g/mol. The highest BCUT2D eigenvalue weighted by molar-refractivity contribution is 7.98. The highest BCUT2D eigenvalue weighted by Crippen LogP contribution is 2.30. The van der Waals surface area contributed by atoms with Crippen molar-refractivity contribution in [1.82, 2.24) is 9.55 Å². The van der Waals surface area contributed by atoms with Gasteiger partial charge in [-0.15, -0.1) is 0 Å². The number of fused-ring (bicyclic) bond motifs is 1. The van der Waals surface area contributed by atoms with E-state index in [1.807, 2.05) is 48.2 Å². The van der Waals surface area contributed by atoms with Gasteiger partial charge in [0.1, 0.15) is 11.6 Å². The highest BCUT2D eigenvalue weighted by atomic mass is 32.2. The summed E-state index contributed by atoms with van der Waals surface area (Å²) in [6, 6.07) is 23.5. The van der Waals surface area contributed by atoms with Gasteiger partial charge in [0.25, 0.3) is 0 Å². The lowest BCUT2D eigenvalue weighted by atomic mass is 10.0. The van der Waals surface area contributed by atoms with Crippen LogP contribution >= 0.6 is 11.8 Å². The Morgan fingerprint density at radius 2 is 1.77 bits per heavy atom. The summed E-state index contributed by atoms with van der Waals surface area (Å²) in [7, 11) is 0. The number of carbonyl (C=O) groups is 1. The van der Waals surface area contributed by atoms with E-state index in [1.54, 1.807) is 12.1 Å². The minimum atomic E-state index is -1.32. The van der Waals surface area contributed by atoms with Crippen molar-refractivity contribution >= 4 is 29.0 Å². The third-order valence-electron chi connectivity index (χ3n) is 4.86. The van der Waals surface area contributed by atoms with E-state index < -0.39 is 6.16 Å². The monoisotopic (exact) mass is 418 g/mol. The van der Waals surface area contributed by atoms with Gasteiger partial charge in [-0.05, 0) is 35.1 Å². The summed E-state index contributed by atoms with van der Waals surface area (Å²) in [4.78, 5) is 15.8. The molecule has 0 amide bonds. The zero-order valence-corrected chi connectivity index (χ0v) is 17.4. The summed E-state index contributed by atoms with van der Waals surface area (Å²) in [6.45, 7) is 2.88. The Labute approximate surface area is 179 Å². The molecule has 0 saturated carbocycles. The number of hydrogen-bond donors (Lipinski definition) is 1. The van der Waals surface area contributed by atoms with Gasteiger partial charge in [0, 0.05) is 12.1 Å². The fourth-order valence-corrected chi connectivity index (χ4v) is 4.07. The summed E-state index contributed by atoms with van der Waals surface area (Å²) in [5.41, 5.74) is 4.96. The molecule has 0 atom stereocenters. The van der Waals surface area contributed by atoms with Gasteiger partial charge >= 0.3 is 6.16 Å². The number of para-hydroxylation sites is 3. The predicted molar refractivity (Wildman–Crippen MR) is 121 cm³/mol.